The Kier molecular flexibility index (Phi) is 6.77. The smallest absolute Gasteiger partial charge is 0.266 e. The van der Waals surface area contributed by atoms with Crippen LogP contribution in [0, 0.1) is 6.92 Å². The van der Waals surface area contributed by atoms with Crippen LogP contribution in [0.4, 0.5) is 5.69 Å². The van der Waals surface area contributed by atoms with Crippen molar-refractivity contribution in [3.05, 3.63) is 71.2 Å². The number of benzene rings is 2. The lowest BCUT2D eigenvalue weighted by molar-refractivity contribution is -0.121. The van der Waals surface area contributed by atoms with Gasteiger partial charge in [0.1, 0.15) is 6.61 Å². The largest absolute Gasteiger partial charge is 0.490 e. The molecule has 2 aromatic carbocycles. The summed E-state index contributed by atoms with van der Waals surface area (Å²) in [6.07, 6.45) is 3.53. The van der Waals surface area contributed by atoms with Crippen molar-refractivity contribution in [2.75, 3.05) is 20.3 Å². The van der Waals surface area contributed by atoms with Crippen molar-refractivity contribution in [3.8, 4) is 11.5 Å². The number of aryl methyl sites for hydroxylation is 1. The van der Waals surface area contributed by atoms with Crippen LogP contribution in [0.5, 0.6) is 11.5 Å². The predicted octanol–water partition coefficient (Wildman–Crippen LogP) is 5.19. The standard InChI is InChI=1S/C23H24N2O3S/c1-5-13-28-19-12-9-17(14-20(19)27-6-2)15-21-22(26)25(4)23(29-21)24-18-10-7-16(3)8-11-18/h5,7-12,14-15H,1,6,13H2,2-4H3/b21-15+,24-23?. The predicted molar refractivity (Wildman–Crippen MR) is 120 cm³/mol. The Hall–Kier alpha value is -2.99. The van der Waals surface area contributed by atoms with Crippen LogP contribution in [-0.4, -0.2) is 36.2 Å². The molecule has 0 atom stereocenters. The second-order valence-corrected chi connectivity index (χ2v) is 7.45. The van der Waals surface area contributed by atoms with E-state index in [4.69, 9.17) is 9.47 Å². The number of amidine groups is 1. The summed E-state index contributed by atoms with van der Waals surface area (Å²) in [5.74, 6) is 1.21. The lowest BCUT2D eigenvalue weighted by atomic mass is 10.2. The second-order valence-electron chi connectivity index (χ2n) is 6.44. The van der Waals surface area contributed by atoms with E-state index in [0.717, 1.165) is 11.3 Å². The molecule has 0 saturated carbocycles. The van der Waals surface area contributed by atoms with E-state index < -0.39 is 0 Å². The Morgan fingerprint density at radius 1 is 1.14 bits per heavy atom. The maximum Gasteiger partial charge on any atom is 0.266 e. The molecule has 0 aromatic heterocycles. The first-order valence-electron chi connectivity index (χ1n) is 9.35. The van der Waals surface area contributed by atoms with Gasteiger partial charge in [0.25, 0.3) is 5.91 Å². The van der Waals surface area contributed by atoms with E-state index in [2.05, 4.69) is 11.6 Å². The number of nitrogens with zero attached hydrogens (tertiary/aromatic N) is 2. The van der Waals surface area contributed by atoms with E-state index in [1.54, 1.807) is 18.0 Å². The topological polar surface area (TPSA) is 51.1 Å². The molecule has 1 fully saturated rings. The van der Waals surface area contributed by atoms with Crippen LogP contribution in [0.1, 0.15) is 18.1 Å². The Morgan fingerprint density at radius 2 is 1.90 bits per heavy atom. The third kappa shape index (κ3) is 5.09. The molecule has 5 nitrogen and oxygen atoms in total. The number of carbonyl (C=O) groups excluding carboxylic acids is 1. The minimum atomic E-state index is -0.0780. The monoisotopic (exact) mass is 408 g/mol. The Bertz CT molecular complexity index is 965. The molecule has 1 amide bonds. The number of ether oxygens (including phenoxy) is 2. The highest BCUT2D eigenvalue weighted by atomic mass is 32.2. The van der Waals surface area contributed by atoms with Crippen LogP contribution in [-0.2, 0) is 4.79 Å². The van der Waals surface area contributed by atoms with Gasteiger partial charge in [-0.1, -0.05) is 36.4 Å². The van der Waals surface area contributed by atoms with E-state index in [-0.39, 0.29) is 5.91 Å². The number of hydrogen-bond acceptors (Lipinski definition) is 5. The van der Waals surface area contributed by atoms with Crippen LogP contribution < -0.4 is 9.47 Å². The third-order valence-corrected chi connectivity index (χ3v) is 5.24. The zero-order valence-electron chi connectivity index (χ0n) is 16.8. The van der Waals surface area contributed by atoms with Gasteiger partial charge in [0, 0.05) is 7.05 Å². The minimum absolute atomic E-state index is 0.0780. The Labute approximate surface area is 175 Å². The first-order valence-corrected chi connectivity index (χ1v) is 10.2. The van der Waals surface area contributed by atoms with Crippen molar-refractivity contribution in [1.82, 2.24) is 4.90 Å². The maximum atomic E-state index is 12.7. The van der Waals surface area contributed by atoms with Gasteiger partial charge in [0.05, 0.1) is 17.2 Å². The van der Waals surface area contributed by atoms with E-state index in [0.29, 0.717) is 34.8 Å². The number of rotatable bonds is 7. The highest BCUT2D eigenvalue weighted by Crippen LogP contribution is 2.35. The van der Waals surface area contributed by atoms with Crippen LogP contribution in [0.25, 0.3) is 6.08 Å². The molecule has 1 saturated heterocycles. The van der Waals surface area contributed by atoms with Crippen molar-refractivity contribution in [3.63, 3.8) is 0 Å². The summed E-state index contributed by atoms with van der Waals surface area (Å²) >= 11 is 1.36. The molecular formula is C23H24N2O3S. The summed E-state index contributed by atoms with van der Waals surface area (Å²) in [5.41, 5.74) is 2.85. The molecule has 2 aromatic rings. The van der Waals surface area contributed by atoms with Crippen molar-refractivity contribution in [2.24, 2.45) is 4.99 Å². The van der Waals surface area contributed by atoms with Crippen molar-refractivity contribution in [2.45, 2.75) is 13.8 Å². The van der Waals surface area contributed by atoms with E-state index in [1.165, 1.54) is 17.3 Å². The molecule has 1 heterocycles. The normalized spacial score (nSPS) is 16.5. The number of amides is 1. The minimum Gasteiger partial charge on any atom is -0.490 e. The Balaban J connectivity index is 1.86. The summed E-state index contributed by atoms with van der Waals surface area (Å²) in [6, 6.07) is 13.5. The van der Waals surface area contributed by atoms with Crippen LogP contribution in [0.15, 0.2) is 65.0 Å². The molecule has 0 bridgehead atoms. The zero-order chi connectivity index (χ0) is 20.8. The number of carbonyl (C=O) groups is 1. The molecule has 150 valence electrons. The SMILES string of the molecule is C=CCOc1ccc(/C=C2/SC(=Nc3ccc(C)cc3)N(C)C2=O)cc1OCC. The summed E-state index contributed by atoms with van der Waals surface area (Å²) in [5, 5.41) is 0.654. The van der Waals surface area contributed by atoms with Crippen LogP contribution in [0.2, 0.25) is 0 Å². The average Bonchev–Trinajstić information content (AvgIpc) is 2.97. The summed E-state index contributed by atoms with van der Waals surface area (Å²) < 4.78 is 11.3. The molecule has 0 N–H and O–H groups in total. The van der Waals surface area contributed by atoms with E-state index >= 15 is 0 Å². The fraction of sp³-hybridized carbons (Fsp3) is 0.217. The number of thioether (sulfide) groups is 1. The quantitative estimate of drug-likeness (QED) is 0.467. The van der Waals surface area contributed by atoms with Gasteiger partial charge in [-0.25, -0.2) is 4.99 Å². The fourth-order valence-electron chi connectivity index (χ4n) is 2.68. The van der Waals surface area contributed by atoms with Gasteiger partial charge in [-0.2, -0.15) is 0 Å². The van der Waals surface area contributed by atoms with Gasteiger partial charge in [-0.15, -0.1) is 0 Å². The van der Waals surface area contributed by atoms with Crippen LogP contribution >= 0.6 is 11.8 Å². The van der Waals surface area contributed by atoms with Gasteiger partial charge in [-0.3, -0.25) is 9.69 Å². The van der Waals surface area contributed by atoms with Gasteiger partial charge < -0.3 is 9.47 Å². The number of hydrogen-bond donors (Lipinski definition) is 0. The summed E-state index contributed by atoms with van der Waals surface area (Å²) in [6.45, 7) is 8.53. The Morgan fingerprint density at radius 3 is 2.59 bits per heavy atom. The van der Waals surface area contributed by atoms with Gasteiger partial charge >= 0.3 is 0 Å². The average molecular weight is 409 g/mol. The molecule has 6 heteroatoms. The molecule has 0 unspecified atom stereocenters. The summed E-state index contributed by atoms with van der Waals surface area (Å²) in [7, 11) is 1.74. The molecule has 0 spiro atoms. The fourth-order valence-corrected chi connectivity index (χ4v) is 3.67. The highest BCUT2D eigenvalue weighted by Gasteiger charge is 2.30. The third-order valence-electron chi connectivity index (χ3n) is 4.18. The number of likely N-dealkylation sites (N-methyl/N-ethyl adjacent to an activating group) is 1. The lowest BCUT2D eigenvalue weighted by Gasteiger charge is -2.11. The highest BCUT2D eigenvalue weighted by molar-refractivity contribution is 8.18. The first-order chi connectivity index (χ1) is 14.0. The maximum absolute atomic E-state index is 12.7. The lowest BCUT2D eigenvalue weighted by Crippen LogP contribution is -2.23. The zero-order valence-corrected chi connectivity index (χ0v) is 17.7. The van der Waals surface area contributed by atoms with E-state index in [1.807, 2.05) is 62.4 Å². The molecule has 29 heavy (non-hydrogen) atoms. The first kappa shape index (κ1) is 20.7. The summed E-state index contributed by atoms with van der Waals surface area (Å²) in [4.78, 5) is 19.5. The van der Waals surface area contributed by atoms with Crippen molar-refractivity contribution < 1.29 is 14.3 Å². The molecular weight excluding hydrogens is 384 g/mol. The number of aliphatic imine (C=N–C) groups is 1. The second kappa shape index (κ2) is 9.47. The van der Waals surface area contributed by atoms with Gasteiger partial charge in [0.15, 0.2) is 16.7 Å². The van der Waals surface area contributed by atoms with Gasteiger partial charge in [-0.05, 0) is 61.5 Å². The van der Waals surface area contributed by atoms with Crippen LogP contribution in [0.3, 0.4) is 0 Å². The van der Waals surface area contributed by atoms with Crippen molar-refractivity contribution >= 4 is 34.6 Å². The van der Waals surface area contributed by atoms with Crippen molar-refractivity contribution in [1.29, 1.82) is 0 Å². The molecule has 1 aliphatic heterocycles. The molecule has 0 aliphatic carbocycles. The van der Waals surface area contributed by atoms with Gasteiger partial charge in [0.2, 0.25) is 0 Å². The van der Waals surface area contributed by atoms with E-state index in [9.17, 15) is 4.79 Å². The molecule has 0 radical (unpaired) electrons. The molecule has 1 aliphatic rings. The molecule has 3 rings (SSSR count).